The van der Waals surface area contributed by atoms with Gasteiger partial charge in [-0.3, -0.25) is 19.9 Å². The maximum atomic E-state index is 10.7. The summed E-state index contributed by atoms with van der Waals surface area (Å²) in [5, 5.41) is 0. The predicted octanol–water partition coefficient (Wildman–Crippen LogP) is 6.57. The van der Waals surface area contributed by atoms with E-state index >= 15 is 0 Å². The third-order valence-electron chi connectivity index (χ3n) is 6.06. The summed E-state index contributed by atoms with van der Waals surface area (Å²) in [6, 6.07) is 35.0. The molecule has 1 radical (unpaired) electrons. The molecule has 0 spiro atoms. The van der Waals surface area contributed by atoms with Crippen LogP contribution in [0.5, 0.6) is 0 Å². The van der Waals surface area contributed by atoms with Crippen molar-refractivity contribution in [3.05, 3.63) is 134 Å². The van der Waals surface area contributed by atoms with Crippen molar-refractivity contribution in [1.82, 2.24) is 29.9 Å². The van der Waals surface area contributed by atoms with Crippen molar-refractivity contribution in [3.63, 3.8) is 0 Å². The minimum absolute atomic E-state index is 0. The van der Waals surface area contributed by atoms with Gasteiger partial charge in [0, 0.05) is 24.8 Å². The van der Waals surface area contributed by atoms with E-state index < -0.39 is 46.9 Å². The van der Waals surface area contributed by atoms with Crippen LogP contribution in [0.1, 0.15) is 0 Å². The molecule has 6 heterocycles. The molecule has 15 nitrogen and oxygen atoms in total. The standard InChI is InChI=1S/2C15H11N3.3CHF3O3S.Ce/c2*1-3-10-16-12(6-1)14-8-5-9-15(18-14)13-7-2-4-11-17-13;3*2-1(3,4)8(5,6)7;/h2*1-11H;3*(H,5,6,7);/q;;;;;+3/p-3. The summed E-state index contributed by atoms with van der Waals surface area (Å²) in [7, 11) is -18.3. The molecule has 0 amide bonds. The summed E-state index contributed by atoms with van der Waals surface area (Å²) in [6.07, 6.45) is 7.07. The van der Waals surface area contributed by atoms with E-state index in [1.807, 2.05) is 109 Å². The van der Waals surface area contributed by atoms with Crippen molar-refractivity contribution in [2.24, 2.45) is 0 Å². The molecule has 6 aromatic heterocycles. The van der Waals surface area contributed by atoms with Gasteiger partial charge in [-0.15, -0.1) is 0 Å². The van der Waals surface area contributed by atoms with E-state index in [9.17, 15) is 39.5 Å². The number of nitrogens with zero attached hydrogens (tertiary/aromatic N) is 6. The Bertz CT molecular complexity index is 2260. The monoisotopic (exact) mass is 1050 g/mol. The van der Waals surface area contributed by atoms with Gasteiger partial charge in [0.1, 0.15) is 0 Å². The van der Waals surface area contributed by atoms with Crippen LogP contribution >= 0.6 is 0 Å². The molecule has 0 atom stereocenters. The van der Waals surface area contributed by atoms with Crippen LogP contribution in [-0.2, 0) is 30.4 Å². The molecule has 61 heavy (non-hydrogen) atoms. The Balaban J connectivity index is 0.000000405. The normalized spacial score (nSPS) is 11.5. The first kappa shape index (κ1) is 54.4. The van der Waals surface area contributed by atoms with E-state index in [4.69, 9.17) is 38.9 Å². The second-order valence-electron chi connectivity index (χ2n) is 10.4. The number of alkyl halides is 9. The largest absolute Gasteiger partial charge is 3.00 e. The Labute approximate surface area is 373 Å². The van der Waals surface area contributed by atoms with Crippen molar-refractivity contribution in [3.8, 4) is 45.6 Å². The molecule has 323 valence electrons. The van der Waals surface area contributed by atoms with Gasteiger partial charge in [0.05, 0.1) is 45.6 Å². The van der Waals surface area contributed by atoms with Gasteiger partial charge in [-0.05, 0) is 72.8 Å². The molecule has 0 saturated carbocycles. The fourth-order valence-electron chi connectivity index (χ4n) is 3.50. The summed E-state index contributed by atoms with van der Waals surface area (Å²) in [5.41, 5.74) is -10.0. The van der Waals surface area contributed by atoms with E-state index in [1.165, 1.54) is 0 Å². The smallest absolute Gasteiger partial charge is 0.741 e. The first-order valence-electron chi connectivity index (χ1n) is 15.3. The Morgan fingerprint density at radius 2 is 0.492 bits per heavy atom. The number of rotatable bonds is 4. The molecular weight excluding hydrogens is 1030 g/mol. The molecule has 0 fully saturated rings. The van der Waals surface area contributed by atoms with Gasteiger partial charge in [0.2, 0.25) is 0 Å². The first-order valence-corrected chi connectivity index (χ1v) is 19.5. The molecule has 0 saturated heterocycles. The first-order chi connectivity index (χ1) is 27.6. The molecule has 0 unspecified atom stereocenters. The van der Waals surface area contributed by atoms with Crippen LogP contribution in [0.15, 0.2) is 134 Å². The zero-order valence-corrected chi connectivity index (χ0v) is 35.3. The SMILES string of the molecule is O=S(=O)([O-])C(F)(F)F.O=S(=O)([O-])C(F)(F)F.O=S(=O)([O-])C(F)(F)F.[Ce+3].c1ccc(-c2cccc(-c3ccccn3)n2)nc1.c1ccc(-c2cccc(-c3ccccn3)n2)nc1. The second kappa shape index (κ2) is 23.6. The van der Waals surface area contributed by atoms with Crippen LogP contribution < -0.4 is 0 Å². The van der Waals surface area contributed by atoms with Crippen molar-refractivity contribution >= 4 is 30.4 Å². The molecule has 0 aliphatic rings. The van der Waals surface area contributed by atoms with Gasteiger partial charge >= 0.3 is 58.3 Å². The van der Waals surface area contributed by atoms with Crippen molar-refractivity contribution < 1.29 is 120 Å². The molecule has 6 aromatic rings. The zero-order chi connectivity index (χ0) is 45.4. The van der Waals surface area contributed by atoms with E-state index in [0.29, 0.717) is 0 Å². The number of pyridine rings is 6. The van der Waals surface area contributed by atoms with Crippen molar-refractivity contribution in [2.75, 3.05) is 0 Å². The number of hydrogen-bond acceptors (Lipinski definition) is 15. The fourth-order valence-corrected chi connectivity index (χ4v) is 3.50. The maximum absolute atomic E-state index is 10.7. The molecule has 0 aromatic carbocycles. The number of hydrogen-bond donors (Lipinski definition) is 0. The van der Waals surface area contributed by atoms with Crippen LogP contribution in [-0.4, -0.2) is 85.3 Å². The quantitative estimate of drug-likeness (QED) is 0.103. The van der Waals surface area contributed by atoms with Crippen LogP contribution in [0, 0.1) is 41.7 Å². The minimum Gasteiger partial charge on any atom is -0.741 e. The van der Waals surface area contributed by atoms with E-state index in [0.717, 1.165) is 45.6 Å². The third-order valence-corrected chi connectivity index (χ3v) is 7.76. The van der Waals surface area contributed by atoms with Gasteiger partial charge in [0.15, 0.2) is 30.4 Å². The van der Waals surface area contributed by atoms with Crippen LogP contribution in [0.25, 0.3) is 45.6 Å². The van der Waals surface area contributed by atoms with Crippen LogP contribution in [0.2, 0.25) is 0 Å². The molecule has 0 N–H and O–H groups in total. The molecule has 0 aliphatic carbocycles. The third kappa shape index (κ3) is 19.3. The summed E-state index contributed by atoms with van der Waals surface area (Å²) in [4.78, 5) is 26.4. The maximum Gasteiger partial charge on any atom is 3.00 e. The van der Waals surface area contributed by atoms with Crippen LogP contribution in [0.4, 0.5) is 39.5 Å². The number of aromatic nitrogens is 6. The van der Waals surface area contributed by atoms with E-state index in [2.05, 4.69) is 29.9 Å². The van der Waals surface area contributed by atoms with E-state index in [-0.39, 0.29) is 41.7 Å². The summed E-state index contributed by atoms with van der Waals surface area (Å²) < 4.78 is 177. The Hall–Kier alpha value is -4.62. The average molecular weight is 1050 g/mol. The van der Waals surface area contributed by atoms with Gasteiger partial charge in [-0.1, -0.05) is 36.4 Å². The Morgan fingerprint density at radius 3 is 0.623 bits per heavy atom. The fraction of sp³-hybridized carbons (Fsp3) is 0.0909. The molecule has 0 aliphatic heterocycles. The summed E-state index contributed by atoms with van der Waals surface area (Å²) in [5.74, 6) is 0. The number of halogens is 9. The second-order valence-corrected chi connectivity index (χ2v) is 14.5. The Morgan fingerprint density at radius 1 is 0.328 bits per heavy atom. The Kier molecular flexibility index (Phi) is 21.0. The molecular formula is C33H22CeF9N6O9S3. The average Bonchev–Trinajstić information content (AvgIpc) is 3.18. The molecule has 0 bridgehead atoms. The van der Waals surface area contributed by atoms with Crippen LogP contribution in [0.3, 0.4) is 0 Å². The van der Waals surface area contributed by atoms with E-state index in [1.54, 1.807) is 24.8 Å². The summed E-state index contributed by atoms with van der Waals surface area (Å²) in [6.45, 7) is 0. The molecule has 6 rings (SSSR count). The summed E-state index contributed by atoms with van der Waals surface area (Å²) >= 11 is 0. The van der Waals surface area contributed by atoms with Crippen molar-refractivity contribution in [1.29, 1.82) is 0 Å². The van der Waals surface area contributed by atoms with Gasteiger partial charge in [-0.25, -0.2) is 35.2 Å². The van der Waals surface area contributed by atoms with Gasteiger partial charge in [0.25, 0.3) is 0 Å². The topological polar surface area (TPSA) is 249 Å². The van der Waals surface area contributed by atoms with Crippen molar-refractivity contribution in [2.45, 2.75) is 16.5 Å². The minimum atomic E-state index is -6.09. The van der Waals surface area contributed by atoms with Gasteiger partial charge < -0.3 is 13.7 Å². The molecule has 28 heteroatoms. The predicted molar refractivity (Wildman–Crippen MR) is 189 cm³/mol. The zero-order valence-electron chi connectivity index (χ0n) is 29.7. The van der Waals surface area contributed by atoms with Gasteiger partial charge in [-0.2, -0.15) is 39.5 Å².